The Balaban J connectivity index is 1.44. The monoisotopic (exact) mass is 600 g/mol. The summed E-state index contributed by atoms with van der Waals surface area (Å²) in [5, 5.41) is 11.8. The Morgan fingerprint density at radius 3 is 2.30 bits per heavy atom. The lowest BCUT2D eigenvalue weighted by Gasteiger charge is -2.35. The zero-order chi connectivity index (χ0) is 31.3. The Hall–Kier alpha value is -4.41. The summed E-state index contributed by atoms with van der Waals surface area (Å²) in [4.78, 5) is 41.6. The van der Waals surface area contributed by atoms with Gasteiger partial charge < -0.3 is 36.6 Å². The molecule has 0 aliphatic carbocycles. The van der Waals surface area contributed by atoms with Gasteiger partial charge in [0.15, 0.2) is 0 Å². The molecule has 3 aromatic rings. The summed E-state index contributed by atoms with van der Waals surface area (Å²) in [6.07, 6.45) is 2.36. The Morgan fingerprint density at radius 2 is 1.61 bits per heavy atom. The number of hydrogen-bond donors (Lipinski definition) is 5. The van der Waals surface area contributed by atoms with E-state index in [4.69, 9.17) is 10.5 Å². The minimum Gasteiger partial charge on any atom is -0.494 e. The van der Waals surface area contributed by atoms with E-state index in [2.05, 4.69) is 26.2 Å². The number of benzene rings is 3. The van der Waals surface area contributed by atoms with Crippen molar-refractivity contribution in [1.82, 2.24) is 21.3 Å². The van der Waals surface area contributed by atoms with Crippen molar-refractivity contribution in [3.63, 3.8) is 0 Å². The summed E-state index contributed by atoms with van der Waals surface area (Å²) in [7, 11) is 2.00. The van der Waals surface area contributed by atoms with Gasteiger partial charge in [0.2, 0.25) is 17.7 Å². The zero-order valence-electron chi connectivity index (χ0n) is 25.6. The van der Waals surface area contributed by atoms with E-state index in [0.29, 0.717) is 32.5 Å². The lowest BCUT2D eigenvalue weighted by molar-refractivity contribution is -0.138. The number of piperazine rings is 1. The first-order valence-electron chi connectivity index (χ1n) is 15.3. The second-order valence-electron chi connectivity index (χ2n) is 11.0. The third kappa shape index (κ3) is 9.29. The van der Waals surface area contributed by atoms with Crippen LogP contribution < -0.4 is 36.6 Å². The third-order valence-corrected chi connectivity index (χ3v) is 7.56. The van der Waals surface area contributed by atoms with Crippen LogP contribution in [-0.2, 0) is 27.2 Å². The average molecular weight is 601 g/mol. The van der Waals surface area contributed by atoms with E-state index in [9.17, 15) is 14.4 Å². The second kappa shape index (κ2) is 16.4. The molecule has 3 amide bonds. The van der Waals surface area contributed by atoms with Crippen LogP contribution in [0.1, 0.15) is 30.9 Å². The second-order valence-corrected chi connectivity index (χ2v) is 11.0. The Kier molecular flexibility index (Phi) is 12.1. The molecule has 0 radical (unpaired) electrons. The topological polar surface area (TPSA) is 138 Å². The van der Waals surface area contributed by atoms with Crippen LogP contribution in [0.5, 0.6) is 5.75 Å². The van der Waals surface area contributed by atoms with Crippen molar-refractivity contribution in [1.29, 1.82) is 0 Å². The van der Waals surface area contributed by atoms with E-state index < -0.39 is 18.1 Å². The first kappa shape index (κ1) is 32.5. The molecule has 0 spiro atoms. The molecule has 3 atom stereocenters. The molecule has 0 bridgehead atoms. The van der Waals surface area contributed by atoms with Crippen LogP contribution in [0.25, 0.3) is 0 Å². The summed E-state index contributed by atoms with van der Waals surface area (Å²) < 4.78 is 5.64. The van der Waals surface area contributed by atoms with E-state index >= 15 is 0 Å². The normalized spacial score (nSPS) is 16.9. The average Bonchev–Trinajstić information content (AvgIpc) is 3.04. The van der Waals surface area contributed by atoms with Gasteiger partial charge in [-0.15, -0.1) is 0 Å². The molecule has 10 heteroatoms. The molecular formula is C34H44N6O4. The number of carbonyl (C=O) groups is 3. The lowest BCUT2D eigenvalue weighted by atomic mass is 9.94. The largest absolute Gasteiger partial charge is 0.494 e. The van der Waals surface area contributed by atoms with Crippen molar-refractivity contribution >= 4 is 29.1 Å². The summed E-state index contributed by atoms with van der Waals surface area (Å²) in [5.74, 6) is -0.119. The summed E-state index contributed by atoms with van der Waals surface area (Å²) in [6, 6.07) is 23.2. The van der Waals surface area contributed by atoms with E-state index in [-0.39, 0.29) is 24.3 Å². The molecule has 1 aliphatic heterocycles. The maximum atomic E-state index is 13.4. The van der Waals surface area contributed by atoms with Crippen molar-refractivity contribution < 1.29 is 19.1 Å². The van der Waals surface area contributed by atoms with Crippen LogP contribution in [0, 0.1) is 0 Å². The van der Waals surface area contributed by atoms with Gasteiger partial charge in [-0.1, -0.05) is 49.4 Å². The Labute approximate surface area is 259 Å². The van der Waals surface area contributed by atoms with Gasteiger partial charge in [-0.3, -0.25) is 14.4 Å². The van der Waals surface area contributed by atoms with E-state index in [0.717, 1.165) is 41.1 Å². The molecular weight excluding hydrogens is 556 g/mol. The number of nitrogens with zero attached hydrogens (tertiary/aromatic N) is 1. The molecule has 4 rings (SSSR count). The number of para-hydroxylation sites is 1. The highest BCUT2D eigenvalue weighted by atomic mass is 16.5. The van der Waals surface area contributed by atoms with Gasteiger partial charge in [0.05, 0.1) is 19.2 Å². The summed E-state index contributed by atoms with van der Waals surface area (Å²) in [6.45, 7) is 3.90. The fourth-order valence-corrected chi connectivity index (χ4v) is 5.10. The summed E-state index contributed by atoms with van der Waals surface area (Å²) >= 11 is 0. The van der Waals surface area contributed by atoms with Crippen LogP contribution in [-0.4, -0.2) is 69.1 Å². The van der Waals surface area contributed by atoms with Crippen LogP contribution in [0.3, 0.4) is 0 Å². The van der Waals surface area contributed by atoms with Crippen molar-refractivity contribution in [2.75, 3.05) is 38.2 Å². The number of carbonyl (C=O) groups excluding carboxylic acids is 3. The van der Waals surface area contributed by atoms with Gasteiger partial charge in [0, 0.05) is 24.8 Å². The molecule has 44 heavy (non-hydrogen) atoms. The number of rotatable bonds is 16. The number of nitrogens with two attached hydrogens (primary N) is 1. The molecule has 234 valence electrons. The molecule has 1 saturated heterocycles. The van der Waals surface area contributed by atoms with E-state index in [1.54, 1.807) is 0 Å². The van der Waals surface area contributed by atoms with Crippen LogP contribution in [0.4, 0.5) is 11.4 Å². The number of ether oxygens (including phenoxy) is 1. The van der Waals surface area contributed by atoms with Crippen molar-refractivity contribution in [2.45, 2.75) is 50.7 Å². The van der Waals surface area contributed by atoms with E-state index in [1.165, 1.54) is 0 Å². The van der Waals surface area contributed by atoms with Gasteiger partial charge in [-0.2, -0.15) is 0 Å². The number of anilines is 2. The van der Waals surface area contributed by atoms with Crippen molar-refractivity contribution in [2.24, 2.45) is 5.73 Å². The van der Waals surface area contributed by atoms with Crippen LogP contribution in [0.15, 0.2) is 78.9 Å². The third-order valence-electron chi connectivity index (χ3n) is 7.56. The van der Waals surface area contributed by atoms with Gasteiger partial charge in [0.25, 0.3) is 0 Å². The van der Waals surface area contributed by atoms with E-state index in [1.807, 2.05) is 92.8 Å². The molecule has 0 aromatic heterocycles. The fourth-order valence-electron chi connectivity index (χ4n) is 5.10. The molecule has 1 fully saturated rings. The highest BCUT2D eigenvalue weighted by Gasteiger charge is 2.39. The van der Waals surface area contributed by atoms with Crippen LogP contribution >= 0.6 is 0 Å². The number of hydrogen-bond acceptors (Lipinski definition) is 7. The highest BCUT2D eigenvalue weighted by molar-refractivity contribution is 5.98. The standard InChI is InChI=1S/C34H44N6O4/c1-3-20-44-28-16-12-25(13-17-28)22-30-33(42)39-32(34(43)38-30)29(37-31(41)23-36-19-7-18-35)21-24-10-14-27(15-11-24)40(2)26-8-5-4-6-9-26/h4-6,8-17,29-30,32,36H,3,7,18-23,35H2,1-2H3,(H,37,41)(H,38,43)(H,39,42). The molecule has 1 heterocycles. The smallest absolute Gasteiger partial charge is 0.245 e. The maximum absolute atomic E-state index is 13.4. The van der Waals surface area contributed by atoms with Crippen molar-refractivity contribution in [3.05, 3.63) is 90.0 Å². The first-order valence-corrected chi connectivity index (χ1v) is 15.3. The number of amides is 3. The fraction of sp³-hybridized carbons (Fsp3) is 0.382. The molecule has 6 N–H and O–H groups in total. The van der Waals surface area contributed by atoms with Gasteiger partial charge in [-0.05, 0) is 79.9 Å². The SMILES string of the molecule is CCCOc1ccc(CC2NC(=O)C(C(Cc3ccc(N(C)c4ccccc4)cc3)NC(=O)CNCCCN)NC2=O)cc1. The van der Waals surface area contributed by atoms with Gasteiger partial charge >= 0.3 is 0 Å². The molecule has 10 nitrogen and oxygen atoms in total. The number of nitrogens with one attached hydrogen (secondary N) is 4. The predicted octanol–water partition coefficient (Wildman–Crippen LogP) is 2.43. The minimum atomic E-state index is -0.928. The van der Waals surface area contributed by atoms with Gasteiger partial charge in [-0.25, -0.2) is 0 Å². The quantitative estimate of drug-likeness (QED) is 0.159. The molecule has 3 aromatic carbocycles. The first-order chi connectivity index (χ1) is 21.4. The minimum absolute atomic E-state index is 0.0835. The predicted molar refractivity (Wildman–Crippen MR) is 173 cm³/mol. The molecule has 1 aliphatic rings. The highest BCUT2D eigenvalue weighted by Crippen LogP contribution is 2.24. The Bertz CT molecular complexity index is 1350. The Morgan fingerprint density at radius 1 is 0.932 bits per heavy atom. The zero-order valence-corrected chi connectivity index (χ0v) is 25.6. The summed E-state index contributed by atoms with van der Waals surface area (Å²) in [5.41, 5.74) is 9.44. The molecule has 3 unspecified atom stereocenters. The maximum Gasteiger partial charge on any atom is 0.245 e. The molecule has 0 saturated carbocycles. The van der Waals surface area contributed by atoms with Crippen molar-refractivity contribution in [3.8, 4) is 5.75 Å². The lowest BCUT2D eigenvalue weighted by Crippen LogP contribution is -2.68. The van der Waals surface area contributed by atoms with Gasteiger partial charge in [0.1, 0.15) is 17.8 Å². The van der Waals surface area contributed by atoms with Crippen LogP contribution in [0.2, 0.25) is 0 Å².